The van der Waals surface area contributed by atoms with E-state index in [0.717, 1.165) is 5.56 Å². The van der Waals surface area contributed by atoms with E-state index in [4.69, 9.17) is 4.42 Å². The number of hydrogen-bond donors (Lipinski definition) is 1. The van der Waals surface area contributed by atoms with Crippen molar-refractivity contribution in [2.24, 2.45) is 0 Å². The Morgan fingerprint density at radius 1 is 1.06 bits per heavy atom. The summed E-state index contributed by atoms with van der Waals surface area (Å²) in [6.07, 6.45) is 0.912. The molecule has 1 heterocycles. The van der Waals surface area contributed by atoms with E-state index >= 15 is 0 Å². The van der Waals surface area contributed by atoms with Gasteiger partial charge in [0.15, 0.2) is 0 Å². The fraction of sp³-hybridized carbons (Fsp3) is 0.286. The fourth-order valence-electron chi connectivity index (χ4n) is 1.78. The number of furan rings is 1. The van der Waals surface area contributed by atoms with Crippen LogP contribution < -0.4 is 5.19 Å². The SMILES string of the molecule is C[Si](C)(C)c1ccc(C(O)c2ccco2)cc1. The molecule has 1 atom stereocenters. The molecule has 1 unspecified atom stereocenters. The van der Waals surface area contributed by atoms with Crippen molar-refractivity contribution in [2.45, 2.75) is 25.7 Å². The zero-order valence-corrected chi connectivity index (χ0v) is 11.5. The number of aliphatic hydroxyl groups excluding tert-OH is 1. The Balaban J connectivity index is 2.24. The minimum absolute atomic E-state index is 0.589. The van der Waals surface area contributed by atoms with Crippen molar-refractivity contribution in [2.75, 3.05) is 0 Å². The first-order valence-electron chi connectivity index (χ1n) is 5.80. The van der Waals surface area contributed by atoms with Crippen LogP contribution in [0.1, 0.15) is 17.4 Å². The van der Waals surface area contributed by atoms with Crippen molar-refractivity contribution in [3.05, 3.63) is 54.0 Å². The summed E-state index contributed by atoms with van der Waals surface area (Å²) in [5.41, 5.74) is 0.877. The molecule has 0 radical (unpaired) electrons. The third-order valence-corrected chi connectivity index (χ3v) is 4.97. The van der Waals surface area contributed by atoms with Crippen molar-refractivity contribution in [1.82, 2.24) is 0 Å². The lowest BCUT2D eigenvalue weighted by molar-refractivity contribution is 0.189. The van der Waals surface area contributed by atoms with E-state index in [0.29, 0.717) is 5.76 Å². The molecule has 0 amide bonds. The van der Waals surface area contributed by atoms with Crippen LogP contribution in [0.2, 0.25) is 19.6 Å². The summed E-state index contributed by atoms with van der Waals surface area (Å²) < 4.78 is 5.21. The van der Waals surface area contributed by atoms with Crippen molar-refractivity contribution in [3.63, 3.8) is 0 Å². The highest BCUT2D eigenvalue weighted by Gasteiger charge is 2.18. The lowest BCUT2D eigenvalue weighted by atomic mass is 10.1. The Labute approximate surface area is 103 Å². The van der Waals surface area contributed by atoms with Crippen LogP contribution in [-0.2, 0) is 0 Å². The molecule has 0 bridgehead atoms. The summed E-state index contributed by atoms with van der Waals surface area (Å²) in [5, 5.41) is 11.5. The summed E-state index contributed by atoms with van der Waals surface area (Å²) in [5.74, 6) is 0.589. The van der Waals surface area contributed by atoms with Gasteiger partial charge in [0.05, 0.1) is 14.3 Å². The molecule has 0 aliphatic heterocycles. The van der Waals surface area contributed by atoms with E-state index in [-0.39, 0.29) is 0 Å². The number of hydrogen-bond acceptors (Lipinski definition) is 2. The Hall–Kier alpha value is -1.32. The number of rotatable bonds is 3. The largest absolute Gasteiger partial charge is 0.466 e. The van der Waals surface area contributed by atoms with Gasteiger partial charge in [0.2, 0.25) is 0 Å². The van der Waals surface area contributed by atoms with E-state index in [1.165, 1.54) is 5.19 Å². The molecule has 0 saturated heterocycles. The first-order valence-corrected chi connectivity index (χ1v) is 9.30. The summed E-state index contributed by atoms with van der Waals surface area (Å²) >= 11 is 0. The molecule has 17 heavy (non-hydrogen) atoms. The average Bonchev–Trinajstić information content (AvgIpc) is 2.80. The molecular weight excluding hydrogens is 228 g/mol. The van der Waals surface area contributed by atoms with Gasteiger partial charge in [-0.25, -0.2) is 0 Å². The van der Waals surface area contributed by atoms with Gasteiger partial charge in [-0.1, -0.05) is 49.1 Å². The summed E-state index contributed by atoms with van der Waals surface area (Å²) in [6.45, 7) is 6.93. The maximum atomic E-state index is 10.1. The summed E-state index contributed by atoms with van der Waals surface area (Å²) in [7, 11) is -1.26. The first-order chi connectivity index (χ1) is 7.98. The van der Waals surface area contributed by atoms with Gasteiger partial charge in [-0.05, 0) is 17.7 Å². The molecule has 0 spiro atoms. The van der Waals surface area contributed by atoms with Gasteiger partial charge in [-0.2, -0.15) is 0 Å². The van der Waals surface area contributed by atoms with Gasteiger partial charge < -0.3 is 9.52 Å². The minimum atomic E-state index is -1.26. The van der Waals surface area contributed by atoms with E-state index in [9.17, 15) is 5.11 Å². The Bertz CT molecular complexity index is 466. The molecule has 3 heteroatoms. The van der Waals surface area contributed by atoms with Gasteiger partial charge in [-0.15, -0.1) is 0 Å². The quantitative estimate of drug-likeness (QED) is 0.845. The number of aliphatic hydroxyl groups is 1. The molecule has 1 aromatic carbocycles. The van der Waals surface area contributed by atoms with Crippen LogP contribution in [0.3, 0.4) is 0 Å². The van der Waals surface area contributed by atoms with E-state index in [1.54, 1.807) is 18.4 Å². The van der Waals surface area contributed by atoms with E-state index < -0.39 is 14.2 Å². The molecular formula is C14H18O2Si. The molecule has 1 aromatic heterocycles. The molecule has 2 rings (SSSR count). The van der Waals surface area contributed by atoms with Crippen LogP contribution in [0.25, 0.3) is 0 Å². The molecule has 0 aliphatic carbocycles. The van der Waals surface area contributed by atoms with Crippen LogP contribution in [0.5, 0.6) is 0 Å². The van der Waals surface area contributed by atoms with Gasteiger partial charge in [0, 0.05) is 0 Å². The van der Waals surface area contributed by atoms with Gasteiger partial charge in [0.25, 0.3) is 0 Å². The Morgan fingerprint density at radius 2 is 1.71 bits per heavy atom. The predicted molar refractivity (Wildman–Crippen MR) is 72.2 cm³/mol. The predicted octanol–water partition coefficient (Wildman–Crippen LogP) is 2.91. The van der Waals surface area contributed by atoms with Gasteiger partial charge >= 0.3 is 0 Å². The topological polar surface area (TPSA) is 33.4 Å². The first kappa shape index (κ1) is 12.1. The zero-order valence-electron chi connectivity index (χ0n) is 10.5. The monoisotopic (exact) mass is 246 g/mol. The molecule has 2 nitrogen and oxygen atoms in total. The van der Waals surface area contributed by atoms with Crippen molar-refractivity contribution in [1.29, 1.82) is 0 Å². The zero-order chi connectivity index (χ0) is 12.5. The van der Waals surface area contributed by atoms with E-state index in [1.807, 2.05) is 12.1 Å². The van der Waals surface area contributed by atoms with Crippen molar-refractivity contribution >= 4 is 13.3 Å². The van der Waals surface area contributed by atoms with Crippen LogP contribution in [0, 0.1) is 0 Å². The third kappa shape index (κ3) is 2.68. The van der Waals surface area contributed by atoms with Crippen LogP contribution in [0.4, 0.5) is 0 Å². The van der Waals surface area contributed by atoms with Gasteiger partial charge in [-0.3, -0.25) is 0 Å². The lowest BCUT2D eigenvalue weighted by Crippen LogP contribution is -2.37. The standard InChI is InChI=1S/C14H18O2Si/c1-17(2,3)12-8-6-11(7-9-12)14(15)13-5-4-10-16-13/h4-10,14-15H,1-3H3. The van der Waals surface area contributed by atoms with Crippen LogP contribution in [0.15, 0.2) is 47.1 Å². The van der Waals surface area contributed by atoms with Crippen molar-refractivity contribution < 1.29 is 9.52 Å². The molecule has 0 aliphatic rings. The maximum absolute atomic E-state index is 10.1. The Morgan fingerprint density at radius 3 is 2.18 bits per heavy atom. The molecule has 0 fully saturated rings. The normalized spacial score (nSPS) is 13.6. The second-order valence-electron chi connectivity index (χ2n) is 5.29. The molecule has 90 valence electrons. The highest BCUT2D eigenvalue weighted by Crippen LogP contribution is 2.21. The highest BCUT2D eigenvalue weighted by molar-refractivity contribution is 6.88. The van der Waals surface area contributed by atoms with Crippen molar-refractivity contribution in [3.8, 4) is 0 Å². The third-order valence-electron chi connectivity index (χ3n) is 2.91. The summed E-state index contributed by atoms with van der Waals surface area (Å²) in [6, 6.07) is 11.8. The molecule has 1 N–H and O–H groups in total. The maximum Gasteiger partial charge on any atom is 0.137 e. The van der Waals surface area contributed by atoms with Crippen LogP contribution >= 0.6 is 0 Å². The highest BCUT2D eigenvalue weighted by atomic mass is 28.3. The second-order valence-corrected chi connectivity index (χ2v) is 10.4. The smallest absolute Gasteiger partial charge is 0.137 e. The molecule has 0 saturated carbocycles. The second kappa shape index (κ2) is 4.51. The summed E-state index contributed by atoms with van der Waals surface area (Å²) in [4.78, 5) is 0. The average molecular weight is 246 g/mol. The fourth-order valence-corrected chi connectivity index (χ4v) is 2.94. The lowest BCUT2D eigenvalue weighted by Gasteiger charge is -2.17. The Kier molecular flexibility index (Phi) is 3.22. The van der Waals surface area contributed by atoms with E-state index in [2.05, 4.69) is 31.8 Å². The number of benzene rings is 1. The molecule has 2 aromatic rings. The minimum Gasteiger partial charge on any atom is -0.466 e. The van der Waals surface area contributed by atoms with Gasteiger partial charge in [0.1, 0.15) is 11.9 Å². The van der Waals surface area contributed by atoms with Crippen LogP contribution in [-0.4, -0.2) is 13.2 Å².